The van der Waals surface area contributed by atoms with E-state index in [2.05, 4.69) is 76.6 Å². The third-order valence-corrected chi connectivity index (χ3v) is 9.98. The first-order chi connectivity index (χ1) is 19.7. The number of rotatable bonds is 8. The molecule has 4 heterocycles. The number of anilines is 2. The molecule has 210 valence electrons. The molecule has 3 aromatic heterocycles. The van der Waals surface area contributed by atoms with Gasteiger partial charge in [-0.1, -0.05) is 66.7 Å². The summed E-state index contributed by atoms with van der Waals surface area (Å²) in [7, 11) is -3.85. The molecule has 2 aromatic carbocycles. The molecular formula is C31H31N5O3S2. The van der Waals surface area contributed by atoms with Gasteiger partial charge in [0.25, 0.3) is 10.0 Å². The summed E-state index contributed by atoms with van der Waals surface area (Å²) in [4.78, 5) is 6.51. The number of fused-ring (bicyclic) bond motifs is 1. The van der Waals surface area contributed by atoms with E-state index in [0.29, 0.717) is 17.2 Å². The average Bonchev–Trinajstić information content (AvgIpc) is 3.65. The van der Waals surface area contributed by atoms with Gasteiger partial charge < -0.3 is 9.53 Å². The molecule has 0 aliphatic carbocycles. The van der Waals surface area contributed by atoms with Crippen molar-refractivity contribution < 1.29 is 12.9 Å². The summed E-state index contributed by atoms with van der Waals surface area (Å²) in [5.41, 5.74) is 9.72. The molecule has 41 heavy (non-hydrogen) atoms. The number of aryl methyl sites for hydroxylation is 3. The number of aromatic nitrogens is 2. The molecule has 0 bridgehead atoms. The highest BCUT2D eigenvalue weighted by atomic mass is 32.2. The highest BCUT2D eigenvalue weighted by Gasteiger charge is 2.40. The number of hydrogen-bond donors (Lipinski definition) is 2. The summed E-state index contributed by atoms with van der Waals surface area (Å²) in [6, 6.07) is 23.9. The van der Waals surface area contributed by atoms with Crippen LogP contribution in [-0.2, 0) is 28.5 Å². The number of hydrazine groups is 1. The lowest BCUT2D eigenvalue weighted by Gasteiger charge is -2.28. The van der Waals surface area contributed by atoms with Gasteiger partial charge >= 0.3 is 0 Å². The molecule has 5 aromatic rings. The van der Waals surface area contributed by atoms with Crippen LogP contribution in [0.15, 0.2) is 88.4 Å². The van der Waals surface area contributed by atoms with Crippen molar-refractivity contribution in [2.24, 2.45) is 0 Å². The highest BCUT2D eigenvalue weighted by Crippen LogP contribution is 2.42. The normalized spacial score (nSPS) is 16.6. The smallest absolute Gasteiger partial charge is 0.264 e. The first-order valence-electron chi connectivity index (χ1n) is 13.4. The number of sulfonamides is 1. The van der Waals surface area contributed by atoms with E-state index in [4.69, 9.17) is 9.51 Å². The zero-order valence-electron chi connectivity index (χ0n) is 23.3. The van der Waals surface area contributed by atoms with Crippen molar-refractivity contribution in [2.75, 3.05) is 9.73 Å². The Bertz CT molecular complexity index is 1810. The van der Waals surface area contributed by atoms with E-state index in [1.807, 2.05) is 31.3 Å². The fourth-order valence-electron chi connectivity index (χ4n) is 5.24. The molecule has 1 aliphatic heterocycles. The molecule has 6 rings (SSSR count). The van der Waals surface area contributed by atoms with Gasteiger partial charge in [0.1, 0.15) is 10.7 Å². The van der Waals surface area contributed by atoms with Crippen LogP contribution in [0.25, 0.3) is 10.4 Å². The van der Waals surface area contributed by atoms with Crippen molar-refractivity contribution in [3.05, 3.63) is 112 Å². The van der Waals surface area contributed by atoms with Crippen molar-refractivity contribution in [1.29, 1.82) is 0 Å². The van der Waals surface area contributed by atoms with Crippen molar-refractivity contribution in [2.45, 2.75) is 51.1 Å². The fourth-order valence-corrected chi connectivity index (χ4v) is 7.85. The Kier molecular flexibility index (Phi) is 6.93. The van der Waals surface area contributed by atoms with Gasteiger partial charge in [-0.15, -0.1) is 11.3 Å². The molecule has 0 saturated carbocycles. The number of nitrogens with one attached hydrogen (secondary N) is 2. The van der Waals surface area contributed by atoms with E-state index in [1.165, 1.54) is 16.9 Å². The second-order valence-electron chi connectivity index (χ2n) is 10.4. The molecule has 0 fully saturated rings. The second kappa shape index (κ2) is 10.4. The van der Waals surface area contributed by atoms with Crippen LogP contribution in [0.3, 0.4) is 0 Å². The van der Waals surface area contributed by atoms with Gasteiger partial charge in [0.2, 0.25) is 0 Å². The van der Waals surface area contributed by atoms with E-state index in [1.54, 1.807) is 19.1 Å². The molecule has 0 saturated heterocycles. The summed E-state index contributed by atoms with van der Waals surface area (Å²) < 4.78 is 34.1. The number of thiophene rings is 1. The van der Waals surface area contributed by atoms with Crippen LogP contribution in [0.1, 0.15) is 46.9 Å². The van der Waals surface area contributed by atoms with E-state index >= 15 is 0 Å². The van der Waals surface area contributed by atoms with Gasteiger partial charge in [-0.3, -0.25) is 9.71 Å². The summed E-state index contributed by atoms with van der Waals surface area (Å²) in [6.45, 7) is 8.54. The lowest BCUT2D eigenvalue weighted by atomic mass is 9.86. The van der Waals surface area contributed by atoms with Crippen LogP contribution >= 0.6 is 11.3 Å². The van der Waals surface area contributed by atoms with Gasteiger partial charge in [0.05, 0.1) is 22.6 Å². The number of benzene rings is 2. The Hall–Kier alpha value is -3.99. The number of nitrogens with zero attached hydrogens (tertiary/aromatic N) is 3. The standard InChI is InChI=1S/C31H31N5O3S2/c1-5-25-17-27-26(18-32-25)31(4,24-9-7-6-8-10-24)35-36(27)19-22-11-13-23(14-12-22)30-28(16-21(3)40-30)41(37,38)34-29-15-20(2)39-33-29/h6-18,35H,5,19H2,1-4H3,(H,33,34). The molecule has 8 nitrogen and oxygen atoms in total. The molecular weight excluding hydrogens is 555 g/mol. The zero-order valence-corrected chi connectivity index (χ0v) is 24.9. The number of pyridine rings is 1. The molecule has 0 amide bonds. The van der Waals surface area contributed by atoms with Crippen LogP contribution in [0, 0.1) is 13.8 Å². The maximum absolute atomic E-state index is 13.3. The zero-order chi connectivity index (χ0) is 28.8. The number of hydrogen-bond acceptors (Lipinski definition) is 8. The summed E-state index contributed by atoms with van der Waals surface area (Å²) in [5, 5.41) is 5.96. The molecule has 1 unspecified atom stereocenters. The Morgan fingerprint density at radius 2 is 1.80 bits per heavy atom. The van der Waals surface area contributed by atoms with E-state index in [0.717, 1.165) is 39.4 Å². The minimum Gasteiger partial charge on any atom is -0.360 e. The molecule has 1 atom stereocenters. The topological polar surface area (TPSA) is 100 Å². The van der Waals surface area contributed by atoms with E-state index in [9.17, 15) is 8.42 Å². The highest BCUT2D eigenvalue weighted by molar-refractivity contribution is 7.93. The third-order valence-electron chi connectivity index (χ3n) is 7.37. The maximum atomic E-state index is 13.3. The van der Waals surface area contributed by atoms with Crippen LogP contribution in [0.2, 0.25) is 0 Å². The summed E-state index contributed by atoms with van der Waals surface area (Å²) >= 11 is 1.45. The van der Waals surface area contributed by atoms with Crippen molar-refractivity contribution in [3.8, 4) is 10.4 Å². The fraction of sp³-hybridized carbons (Fsp3) is 0.226. The first kappa shape index (κ1) is 27.2. The van der Waals surface area contributed by atoms with Crippen molar-refractivity contribution in [1.82, 2.24) is 15.6 Å². The van der Waals surface area contributed by atoms with Crippen LogP contribution in [0.5, 0.6) is 0 Å². The van der Waals surface area contributed by atoms with Gasteiger partial charge in [-0.2, -0.15) is 0 Å². The monoisotopic (exact) mass is 585 g/mol. The molecule has 0 spiro atoms. The predicted octanol–water partition coefficient (Wildman–Crippen LogP) is 6.57. The van der Waals surface area contributed by atoms with Gasteiger partial charge in [0, 0.05) is 28.4 Å². The molecule has 2 N–H and O–H groups in total. The third kappa shape index (κ3) is 5.14. The van der Waals surface area contributed by atoms with E-state index < -0.39 is 15.6 Å². The average molecular weight is 586 g/mol. The quantitative estimate of drug-likeness (QED) is 0.213. The lowest BCUT2D eigenvalue weighted by molar-refractivity contribution is 0.400. The Morgan fingerprint density at radius 1 is 1.05 bits per heavy atom. The summed E-state index contributed by atoms with van der Waals surface area (Å²) in [5.74, 6) is 0.691. The predicted molar refractivity (Wildman–Crippen MR) is 162 cm³/mol. The maximum Gasteiger partial charge on any atom is 0.264 e. The van der Waals surface area contributed by atoms with Crippen LogP contribution < -0.4 is 15.2 Å². The minimum atomic E-state index is -3.85. The van der Waals surface area contributed by atoms with E-state index in [-0.39, 0.29) is 10.7 Å². The van der Waals surface area contributed by atoms with Gasteiger partial charge in [-0.25, -0.2) is 13.8 Å². The van der Waals surface area contributed by atoms with Crippen molar-refractivity contribution in [3.63, 3.8) is 0 Å². The van der Waals surface area contributed by atoms with Gasteiger partial charge in [-0.05, 0) is 56.0 Å². The molecule has 1 aliphatic rings. The molecule has 10 heteroatoms. The second-order valence-corrected chi connectivity index (χ2v) is 13.3. The SMILES string of the molecule is CCc1cc2c(cn1)C(C)(c1ccccc1)NN2Cc1ccc(-c2sc(C)cc2S(=O)(=O)Nc2cc(C)on2)cc1. The Labute approximate surface area is 244 Å². The minimum absolute atomic E-state index is 0.162. The van der Waals surface area contributed by atoms with Crippen LogP contribution in [-0.4, -0.2) is 18.6 Å². The van der Waals surface area contributed by atoms with Crippen LogP contribution in [0.4, 0.5) is 11.5 Å². The first-order valence-corrected chi connectivity index (χ1v) is 15.7. The van der Waals surface area contributed by atoms with Crippen molar-refractivity contribution >= 4 is 32.9 Å². The Morgan fingerprint density at radius 3 is 2.49 bits per heavy atom. The lowest BCUT2D eigenvalue weighted by Crippen LogP contribution is -2.44. The Balaban J connectivity index is 1.28. The van der Waals surface area contributed by atoms with Gasteiger partial charge in [0.15, 0.2) is 5.82 Å². The largest absolute Gasteiger partial charge is 0.360 e. The summed E-state index contributed by atoms with van der Waals surface area (Å²) in [6.07, 6.45) is 2.85. The molecule has 0 radical (unpaired) electrons.